The van der Waals surface area contributed by atoms with Crippen LogP contribution in [-0.2, 0) is 4.74 Å². The highest BCUT2D eigenvalue weighted by Gasteiger charge is 2.20. The van der Waals surface area contributed by atoms with Crippen LogP contribution in [0, 0.1) is 0 Å². The Hall–Kier alpha value is -0.160. The lowest BCUT2D eigenvalue weighted by molar-refractivity contribution is -0.00123. The molecule has 0 aromatic rings. The Kier molecular flexibility index (Phi) is 8.59. The Morgan fingerprint density at radius 1 is 1.44 bits per heavy atom. The summed E-state index contributed by atoms with van der Waals surface area (Å²) in [7, 11) is 0. The van der Waals surface area contributed by atoms with Crippen molar-refractivity contribution in [2.45, 2.75) is 51.7 Å². The number of nitrogens with one attached hydrogen (secondary N) is 1. The van der Waals surface area contributed by atoms with Crippen molar-refractivity contribution in [3.8, 4) is 0 Å². The molecule has 2 N–H and O–H groups in total. The van der Waals surface area contributed by atoms with E-state index in [1.165, 1.54) is 19.4 Å². The molecule has 1 fully saturated rings. The molecule has 0 saturated carbocycles. The van der Waals surface area contributed by atoms with E-state index in [0.717, 1.165) is 39.1 Å². The molecule has 0 bridgehead atoms. The van der Waals surface area contributed by atoms with E-state index >= 15 is 0 Å². The minimum absolute atomic E-state index is 0.234. The molecule has 1 aliphatic rings. The number of aliphatic hydroxyl groups is 1. The summed E-state index contributed by atoms with van der Waals surface area (Å²) in [5, 5.41) is 12.6. The quantitative estimate of drug-likeness (QED) is 0.653. The number of rotatable bonds is 9. The largest absolute Gasteiger partial charge is 0.395 e. The van der Waals surface area contributed by atoms with Crippen LogP contribution in [0.15, 0.2) is 0 Å². The summed E-state index contributed by atoms with van der Waals surface area (Å²) in [5.74, 6) is 0. The summed E-state index contributed by atoms with van der Waals surface area (Å²) in [6.07, 6.45) is 4.98. The zero-order valence-corrected chi connectivity index (χ0v) is 12.0. The van der Waals surface area contributed by atoms with Gasteiger partial charge in [-0.25, -0.2) is 0 Å². The second-order valence-corrected chi connectivity index (χ2v) is 5.16. The summed E-state index contributed by atoms with van der Waals surface area (Å²) in [6.45, 7) is 9.58. The zero-order chi connectivity index (χ0) is 13.2. The molecule has 4 heteroatoms. The summed E-state index contributed by atoms with van der Waals surface area (Å²) >= 11 is 0. The van der Waals surface area contributed by atoms with Gasteiger partial charge in [0.2, 0.25) is 0 Å². The summed E-state index contributed by atoms with van der Waals surface area (Å²) in [6, 6.07) is 0.243. The highest BCUT2D eigenvalue weighted by Crippen LogP contribution is 2.14. The van der Waals surface area contributed by atoms with Crippen LogP contribution in [0.3, 0.4) is 0 Å². The number of aliphatic hydroxyl groups excluding tert-OH is 1. The third-order valence-corrected chi connectivity index (χ3v) is 3.53. The van der Waals surface area contributed by atoms with Crippen LogP contribution in [0.2, 0.25) is 0 Å². The smallest absolute Gasteiger partial charge is 0.0702 e. The van der Waals surface area contributed by atoms with Gasteiger partial charge in [0, 0.05) is 19.2 Å². The van der Waals surface area contributed by atoms with E-state index in [2.05, 4.69) is 24.1 Å². The van der Waals surface area contributed by atoms with Crippen LogP contribution in [0.5, 0.6) is 0 Å². The van der Waals surface area contributed by atoms with Crippen LogP contribution < -0.4 is 5.32 Å². The molecule has 0 aliphatic carbocycles. The van der Waals surface area contributed by atoms with Gasteiger partial charge in [0.25, 0.3) is 0 Å². The van der Waals surface area contributed by atoms with Crippen molar-refractivity contribution in [2.24, 2.45) is 0 Å². The molecule has 2 unspecified atom stereocenters. The van der Waals surface area contributed by atoms with Gasteiger partial charge in [-0.3, -0.25) is 0 Å². The average Bonchev–Trinajstić information content (AvgIpc) is 2.41. The highest BCUT2D eigenvalue weighted by molar-refractivity contribution is 4.75. The van der Waals surface area contributed by atoms with Crippen LogP contribution in [0.4, 0.5) is 0 Å². The third kappa shape index (κ3) is 6.14. The lowest BCUT2D eigenvalue weighted by atomic mass is 10.1. The van der Waals surface area contributed by atoms with E-state index < -0.39 is 0 Å². The monoisotopic (exact) mass is 258 g/mol. The Morgan fingerprint density at radius 2 is 2.28 bits per heavy atom. The Balaban J connectivity index is 2.20. The van der Waals surface area contributed by atoms with Crippen LogP contribution in [0.1, 0.15) is 39.5 Å². The first-order valence-electron chi connectivity index (χ1n) is 7.48. The first-order chi connectivity index (χ1) is 8.80. The lowest BCUT2D eigenvalue weighted by Crippen LogP contribution is -2.43. The van der Waals surface area contributed by atoms with E-state index in [1.54, 1.807) is 0 Å². The Labute approximate surface area is 112 Å². The number of likely N-dealkylation sites (N-methyl/N-ethyl adjacent to an activating group) is 1. The van der Waals surface area contributed by atoms with E-state index in [4.69, 9.17) is 4.74 Å². The standard InChI is InChI=1S/C14H30N2O2/c1-3-10-18-14-6-5-8-16(11-14)9-7-13(12-17)15-4-2/h13-15,17H,3-12H2,1-2H3. The van der Waals surface area contributed by atoms with Crippen molar-refractivity contribution >= 4 is 0 Å². The van der Waals surface area contributed by atoms with E-state index in [1.807, 2.05) is 0 Å². The van der Waals surface area contributed by atoms with Crippen molar-refractivity contribution in [2.75, 3.05) is 39.4 Å². The third-order valence-electron chi connectivity index (χ3n) is 3.53. The van der Waals surface area contributed by atoms with Gasteiger partial charge in [-0.2, -0.15) is 0 Å². The summed E-state index contributed by atoms with van der Waals surface area (Å²) in [5.41, 5.74) is 0. The first-order valence-corrected chi connectivity index (χ1v) is 7.48. The minimum Gasteiger partial charge on any atom is -0.395 e. The molecule has 0 radical (unpaired) electrons. The lowest BCUT2D eigenvalue weighted by Gasteiger charge is -2.33. The van der Waals surface area contributed by atoms with Gasteiger partial charge in [-0.05, 0) is 45.3 Å². The molecular formula is C14H30N2O2. The van der Waals surface area contributed by atoms with Crippen molar-refractivity contribution in [1.29, 1.82) is 0 Å². The van der Waals surface area contributed by atoms with Crippen molar-refractivity contribution < 1.29 is 9.84 Å². The molecule has 0 aromatic heterocycles. The summed E-state index contributed by atoms with van der Waals surface area (Å²) in [4.78, 5) is 2.48. The molecule has 0 aromatic carbocycles. The van der Waals surface area contributed by atoms with Crippen LogP contribution >= 0.6 is 0 Å². The molecule has 1 rings (SSSR count). The predicted molar refractivity (Wildman–Crippen MR) is 74.9 cm³/mol. The number of hydrogen-bond acceptors (Lipinski definition) is 4. The van der Waals surface area contributed by atoms with Crippen LogP contribution in [0.25, 0.3) is 0 Å². The fourth-order valence-corrected chi connectivity index (χ4v) is 2.52. The second kappa shape index (κ2) is 9.73. The van der Waals surface area contributed by atoms with E-state index in [-0.39, 0.29) is 12.6 Å². The predicted octanol–water partition coefficient (Wildman–Crippen LogP) is 1.24. The number of ether oxygens (including phenoxy) is 1. The topological polar surface area (TPSA) is 44.7 Å². The van der Waals surface area contributed by atoms with Crippen molar-refractivity contribution in [3.05, 3.63) is 0 Å². The molecule has 0 spiro atoms. The molecule has 4 nitrogen and oxygen atoms in total. The maximum Gasteiger partial charge on any atom is 0.0702 e. The minimum atomic E-state index is 0.234. The Morgan fingerprint density at radius 3 is 2.94 bits per heavy atom. The molecule has 1 aliphatic heterocycles. The first kappa shape index (κ1) is 15.9. The molecule has 18 heavy (non-hydrogen) atoms. The fraction of sp³-hybridized carbons (Fsp3) is 1.00. The molecule has 0 amide bonds. The van der Waals surface area contributed by atoms with Gasteiger partial charge >= 0.3 is 0 Å². The van der Waals surface area contributed by atoms with Gasteiger partial charge in [0.1, 0.15) is 0 Å². The number of nitrogens with zero attached hydrogens (tertiary/aromatic N) is 1. The van der Waals surface area contributed by atoms with Crippen molar-refractivity contribution in [3.63, 3.8) is 0 Å². The fourth-order valence-electron chi connectivity index (χ4n) is 2.52. The molecule has 1 saturated heterocycles. The molecular weight excluding hydrogens is 228 g/mol. The van der Waals surface area contributed by atoms with Gasteiger partial charge in [-0.15, -0.1) is 0 Å². The van der Waals surface area contributed by atoms with Gasteiger partial charge < -0.3 is 20.1 Å². The van der Waals surface area contributed by atoms with E-state index in [0.29, 0.717) is 6.10 Å². The maximum absolute atomic E-state index is 9.25. The van der Waals surface area contributed by atoms with Crippen LogP contribution in [-0.4, -0.2) is 61.5 Å². The van der Waals surface area contributed by atoms with E-state index in [9.17, 15) is 5.11 Å². The average molecular weight is 258 g/mol. The normalized spacial score (nSPS) is 23.2. The number of piperidine rings is 1. The maximum atomic E-state index is 9.25. The molecule has 2 atom stereocenters. The highest BCUT2D eigenvalue weighted by atomic mass is 16.5. The number of likely N-dealkylation sites (tertiary alicyclic amines) is 1. The zero-order valence-electron chi connectivity index (χ0n) is 12.0. The summed E-state index contributed by atoms with van der Waals surface area (Å²) < 4.78 is 5.84. The second-order valence-electron chi connectivity index (χ2n) is 5.16. The Bertz CT molecular complexity index is 202. The van der Waals surface area contributed by atoms with Gasteiger partial charge in [0.05, 0.1) is 12.7 Å². The van der Waals surface area contributed by atoms with Gasteiger partial charge in [-0.1, -0.05) is 13.8 Å². The van der Waals surface area contributed by atoms with Gasteiger partial charge in [0.15, 0.2) is 0 Å². The van der Waals surface area contributed by atoms with Crippen molar-refractivity contribution in [1.82, 2.24) is 10.2 Å². The number of hydrogen-bond donors (Lipinski definition) is 2. The molecule has 1 heterocycles. The molecule has 108 valence electrons. The SMILES string of the molecule is CCCOC1CCCN(CCC(CO)NCC)C1.